The Labute approximate surface area is 97.6 Å². The Morgan fingerprint density at radius 1 is 1.31 bits per heavy atom. The molecule has 90 valence electrons. The summed E-state index contributed by atoms with van der Waals surface area (Å²) in [7, 11) is 3.37. The fourth-order valence-electron chi connectivity index (χ4n) is 1.67. The SMILES string of the molecule is COCCC(C)(N)Cc1cccc(OC)c1. The number of nitrogens with two attached hydrogens (primary N) is 1. The molecule has 0 aliphatic rings. The van der Waals surface area contributed by atoms with Gasteiger partial charge in [0.05, 0.1) is 7.11 Å². The molecule has 0 fully saturated rings. The van der Waals surface area contributed by atoms with Crippen LogP contribution in [0.4, 0.5) is 0 Å². The quantitative estimate of drug-likeness (QED) is 0.802. The first-order valence-corrected chi connectivity index (χ1v) is 5.48. The maximum absolute atomic E-state index is 6.21. The number of hydrogen-bond acceptors (Lipinski definition) is 3. The first-order chi connectivity index (χ1) is 7.57. The molecule has 2 N–H and O–H groups in total. The molecule has 0 aromatic heterocycles. The molecule has 1 rings (SSSR count). The fourth-order valence-corrected chi connectivity index (χ4v) is 1.67. The molecule has 0 aliphatic carbocycles. The third-order valence-corrected chi connectivity index (χ3v) is 2.62. The lowest BCUT2D eigenvalue weighted by Gasteiger charge is -2.24. The summed E-state index contributed by atoms with van der Waals surface area (Å²) in [6.07, 6.45) is 1.67. The Balaban J connectivity index is 2.63. The smallest absolute Gasteiger partial charge is 0.119 e. The van der Waals surface area contributed by atoms with Crippen LogP contribution >= 0.6 is 0 Å². The van der Waals surface area contributed by atoms with Gasteiger partial charge in [-0.05, 0) is 37.5 Å². The van der Waals surface area contributed by atoms with E-state index in [2.05, 4.69) is 6.07 Å². The molecule has 0 aliphatic heterocycles. The lowest BCUT2D eigenvalue weighted by Crippen LogP contribution is -2.39. The van der Waals surface area contributed by atoms with Crippen LogP contribution in [-0.2, 0) is 11.2 Å². The van der Waals surface area contributed by atoms with Gasteiger partial charge in [0.1, 0.15) is 5.75 Å². The molecule has 1 atom stereocenters. The minimum atomic E-state index is -0.234. The van der Waals surface area contributed by atoms with Crippen molar-refractivity contribution in [3.63, 3.8) is 0 Å². The zero-order valence-corrected chi connectivity index (χ0v) is 10.3. The maximum atomic E-state index is 6.21. The number of hydrogen-bond donors (Lipinski definition) is 1. The zero-order chi connectivity index (χ0) is 12.0. The molecule has 0 saturated carbocycles. The molecule has 16 heavy (non-hydrogen) atoms. The van der Waals surface area contributed by atoms with Crippen molar-refractivity contribution < 1.29 is 9.47 Å². The summed E-state index contributed by atoms with van der Waals surface area (Å²) in [5, 5.41) is 0. The lowest BCUT2D eigenvalue weighted by molar-refractivity contribution is 0.171. The van der Waals surface area contributed by atoms with Crippen molar-refractivity contribution in [1.29, 1.82) is 0 Å². The molecule has 0 heterocycles. The van der Waals surface area contributed by atoms with E-state index in [4.69, 9.17) is 15.2 Å². The van der Waals surface area contributed by atoms with Crippen LogP contribution < -0.4 is 10.5 Å². The monoisotopic (exact) mass is 223 g/mol. The third kappa shape index (κ3) is 4.21. The van der Waals surface area contributed by atoms with Crippen LogP contribution in [0.2, 0.25) is 0 Å². The number of rotatable bonds is 6. The van der Waals surface area contributed by atoms with Gasteiger partial charge in [0.2, 0.25) is 0 Å². The lowest BCUT2D eigenvalue weighted by atomic mass is 9.91. The van der Waals surface area contributed by atoms with Gasteiger partial charge in [-0.25, -0.2) is 0 Å². The minimum Gasteiger partial charge on any atom is -0.497 e. The predicted octanol–water partition coefficient (Wildman–Crippen LogP) is 1.99. The van der Waals surface area contributed by atoms with E-state index in [9.17, 15) is 0 Å². The van der Waals surface area contributed by atoms with E-state index in [1.54, 1.807) is 14.2 Å². The van der Waals surface area contributed by atoms with E-state index in [-0.39, 0.29) is 5.54 Å². The van der Waals surface area contributed by atoms with Crippen molar-refractivity contribution in [2.75, 3.05) is 20.8 Å². The average molecular weight is 223 g/mol. The van der Waals surface area contributed by atoms with E-state index in [0.717, 1.165) is 18.6 Å². The summed E-state index contributed by atoms with van der Waals surface area (Å²) in [5.41, 5.74) is 7.17. The number of ether oxygens (including phenoxy) is 2. The largest absolute Gasteiger partial charge is 0.497 e. The molecule has 0 radical (unpaired) electrons. The van der Waals surface area contributed by atoms with Crippen LogP contribution in [-0.4, -0.2) is 26.4 Å². The van der Waals surface area contributed by atoms with Gasteiger partial charge in [-0.15, -0.1) is 0 Å². The second-order valence-electron chi connectivity index (χ2n) is 4.43. The van der Waals surface area contributed by atoms with Crippen molar-refractivity contribution in [3.05, 3.63) is 29.8 Å². The summed E-state index contributed by atoms with van der Waals surface area (Å²) in [4.78, 5) is 0. The van der Waals surface area contributed by atoms with E-state index in [1.807, 2.05) is 25.1 Å². The Kier molecular flexibility index (Phi) is 4.77. The first kappa shape index (κ1) is 13.0. The molecule has 0 spiro atoms. The first-order valence-electron chi connectivity index (χ1n) is 5.48. The van der Waals surface area contributed by atoms with Crippen molar-refractivity contribution >= 4 is 0 Å². The molecule has 1 aromatic carbocycles. The van der Waals surface area contributed by atoms with Crippen LogP contribution in [0.3, 0.4) is 0 Å². The highest BCUT2D eigenvalue weighted by Crippen LogP contribution is 2.18. The molecular weight excluding hydrogens is 202 g/mol. The van der Waals surface area contributed by atoms with Gasteiger partial charge in [0.15, 0.2) is 0 Å². The van der Waals surface area contributed by atoms with Gasteiger partial charge in [-0.1, -0.05) is 12.1 Å². The average Bonchev–Trinajstić information content (AvgIpc) is 2.26. The molecule has 0 saturated heterocycles. The van der Waals surface area contributed by atoms with Gasteiger partial charge in [0, 0.05) is 19.3 Å². The van der Waals surface area contributed by atoms with Gasteiger partial charge in [-0.3, -0.25) is 0 Å². The van der Waals surface area contributed by atoms with E-state index < -0.39 is 0 Å². The van der Waals surface area contributed by atoms with Crippen molar-refractivity contribution in [3.8, 4) is 5.75 Å². The summed E-state index contributed by atoms with van der Waals surface area (Å²) in [6, 6.07) is 8.02. The second-order valence-corrected chi connectivity index (χ2v) is 4.43. The Hall–Kier alpha value is -1.06. The topological polar surface area (TPSA) is 44.5 Å². The van der Waals surface area contributed by atoms with Gasteiger partial charge in [0.25, 0.3) is 0 Å². The Morgan fingerprint density at radius 2 is 2.06 bits per heavy atom. The number of methoxy groups -OCH3 is 2. The number of benzene rings is 1. The molecule has 0 amide bonds. The molecular formula is C13H21NO2. The maximum Gasteiger partial charge on any atom is 0.119 e. The van der Waals surface area contributed by atoms with Crippen LogP contribution in [0.15, 0.2) is 24.3 Å². The minimum absolute atomic E-state index is 0.234. The molecule has 3 nitrogen and oxygen atoms in total. The van der Waals surface area contributed by atoms with Crippen LogP contribution in [0.25, 0.3) is 0 Å². The van der Waals surface area contributed by atoms with Crippen molar-refractivity contribution in [2.24, 2.45) is 5.73 Å². The van der Waals surface area contributed by atoms with E-state index >= 15 is 0 Å². The van der Waals surface area contributed by atoms with E-state index in [1.165, 1.54) is 5.56 Å². The summed E-state index contributed by atoms with van der Waals surface area (Å²) in [5.74, 6) is 0.875. The zero-order valence-electron chi connectivity index (χ0n) is 10.3. The van der Waals surface area contributed by atoms with Gasteiger partial charge >= 0.3 is 0 Å². The summed E-state index contributed by atoms with van der Waals surface area (Å²) in [6.45, 7) is 2.74. The van der Waals surface area contributed by atoms with Crippen LogP contribution in [0.5, 0.6) is 5.75 Å². The van der Waals surface area contributed by atoms with Gasteiger partial charge < -0.3 is 15.2 Å². The van der Waals surface area contributed by atoms with Crippen LogP contribution in [0.1, 0.15) is 18.9 Å². The molecule has 3 heteroatoms. The Morgan fingerprint density at radius 3 is 2.69 bits per heavy atom. The van der Waals surface area contributed by atoms with Gasteiger partial charge in [-0.2, -0.15) is 0 Å². The molecule has 0 bridgehead atoms. The fraction of sp³-hybridized carbons (Fsp3) is 0.538. The third-order valence-electron chi connectivity index (χ3n) is 2.62. The van der Waals surface area contributed by atoms with E-state index in [0.29, 0.717) is 6.61 Å². The highest BCUT2D eigenvalue weighted by Gasteiger charge is 2.18. The van der Waals surface area contributed by atoms with Crippen molar-refractivity contribution in [1.82, 2.24) is 0 Å². The summed E-state index contributed by atoms with van der Waals surface area (Å²) >= 11 is 0. The highest BCUT2D eigenvalue weighted by atomic mass is 16.5. The normalized spacial score (nSPS) is 14.5. The highest BCUT2D eigenvalue weighted by molar-refractivity contribution is 5.29. The molecule has 1 unspecified atom stereocenters. The van der Waals surface area contributed by atoms with Crippen molar-refractivity contribution in [2.45, 2.75) is 25.3 Å². The predicted molar refractivity (Wildman–Crippen MR) is 65.8 cm³/mol. The Bertz CT molecular complexity index is 323. The summed E-state index contributed by atoms with van der Waals surface area (Å²) < 4.78 is 10.2. The second kappa shape index (κ2) is 5.87. The molecule has 1 aromatic rings. The standard InChI is InChI=1S/C13H21NO2/c1-13(14,7-8-15-2)10-11-5-4-6-12(9-11)16-3/h4-6,9H,7-8,10,14H2,1-3H3. The van der Waals surface area contributed by atoms with Crippen LogP contribution in [0, 0.1) is 0 Å².